The number of nitrogens with zero attached hydrogens (tertiary/aromatic N) is 5. The normalized spacial score (nSPS) is 18.6. The lowest BCUT2D eigenvalue weighted by atomic mass is 10.1. The standard InChI is InChI=1S/C26H31ClN6O6S/c1-15(34)23-18-11-16(27)5-6-19(18)29-25(23)40(37,38)32-9-10-33(17(13-32)12-22(35)30(2)3)26(36)24-28-20-7-8-31(4)14-21(20)39-24/h5-6,11,17,29H,7-10,12-14H2,1-4H3. The van der Waals surface area contributed by atoms with Crippen LogP contribution in [0.2, 0.25) is 5.02 Å². The summed E-state index contributed by atoms with van der Waals surface area (Å²) in [6.45, 7) is 2.45. The first-order valence-electron chi connectivity index (χ1n) is 12.9. The van der Waals surface area contributed by atoms with Gasteiger partial charge in [-0.05, 0) is 32.2 Å². The van der Waals surface area contributed by atoms with Gasteiger partial charge in [-0.15, -0.1) is 0 Å². The minimum atomic E-state index is -4.22. The van der Waals surface area contributed by atoms with Crippen LogP contribution in [0, 0.1) is 0 Å². The molecule has 0 aliphatic carbocycles. The van der Waals surface area contributed by atoms with E-state index in [9.17, 15) is 22.8 Å². The van der Waals surface area contributed by atoms with Crippen molar-refractivity contribution in [1.29, 1.82) is 0 Å². The number of aromatic nitrogens is 2. The third-order valence-electron chi connectivity index (χ3n) is 7.40. The van der Waals surface area contributed by atoms with E-state index in [1.54, 1.807) is 32.3 Å². The van der Waals surface area contributed by atoms with E-state index in [0.29, 0.717) is 34.7 Å². The van der Waals surface area contributed by atoms with Crippen molar-refractivity contribution in [3.8, 4) is 0 Å². The molecule has 1 fully saturated rings. The fourth-order valence-electron chi connectivity index (χ4n) is 5.22. The van der Waals surface area contributed by atoms with Gasteiger partial charge in [-0.3, -0.25) is 19.3 Å². The summed E-state index contributed by atoms with van der Waals surface area (Å²) in [5.41, 5.74) is 1.21. The van der Waals surface area contributed by atoms with Gasteiger partial charge >= 0.3 is 5.91 Å². The van der Waals surface area contributed by atoms with Gasteiger partial charge in [-0.2, -0.15) is 4.31 Å². The second-order valence-electron chi connectivity index (χ2n) is 10.5. The van der Waals surface area contributed by atoms with Crippen LogP contribution in [-0.4, -0.2) is 108 Å². The highest BCUT2D eigenvalue weighted by Crippen LogP contribution is 2.32. The number of likely N-dealkylation sites (N-methyl/N-ethyl adjacent to an activating group) is 1. The van der Waals surface area contributed by atoms with Crippen LogP contribution < -0.4 is 0 Å². The van der Waals surface area contributed by atoms with Crippen LogP contribution in [0.25, 0.3) is 10.9 Å². The summed E-state index contributed by atoms with van der Waals surface area (Å²) >= 11 is 6.12. The number of ketones is 1. The number of fused-ring (bicyclic) bond motifs is 2. The second kappa shape index (κ2) is 10.6. The summed E-state index contributed by atoms with van der Waals surface area (Å²) in [6, 6.07) is 3.99. The van der Waals surface area contributed by atoms with Crippen LogP contribution in [0.5, 0.6) is 0 Å². The first-order valence-corrected chi connectivity index (χ1v) is 14.7. The average molecular weight is 591 g/mol. The third kappa shape index (κ3) is 5.14. The molecule has 2 amide bonds. The Hall–Kier alpha value is -3.26. The van der Waals surface area contributed by atoms with Crippen molar-refractivity contribution in [2.24, 2.45) is 0 Å². The first kappa shape index (κ1) is 28.3. The van der Waals surface area contributed by atoms with Crippen molar-refractivity contribution in [2.75, 3.05) is 47.3 Å². The number of amides is 2. The van der Waals surface area contributed by atoms with Gasteiger partial charge in [-0.1, -0.05) is 11.6 Å². The van der Waals surface area contributed by atoms with Crippen LogP contribution in [0.1, 0.15) is 45.8 Å². The number of piperazine rings is 1. The van der Waals surface area contributed by atoms with Gasteiger partial charge in [0.25, 0.3) is 15.9 Å². The van der Waals surface area contributed by atoms with E-state index < -0.39 is 27.8 Å². The van der Waals surface area contributed by atoms with Gasteiger partial charge in [0.15, 0.2) is 10.8 Å². The number of Topliss-reactive ketones (excluding diaryl/α,β-unsaturated/α-hetero) is 1. The Bertz CT molecular complexity index is 1610. The zero-order valence-electron chi connectivity index (χ0n) is 22.7. The van der Waals surface area contributed by atoms with E-state index in [-0.39, 0.29) is 48.4 Å². The predicted octanol–water partition coefficient (Wildman–Crippen LogP) is 1.99. The molecule has 1 N–H and O–H groups in total. The van der Waals surface area contributed by atoms with Crippen LogP contribution in [-0.2, 0) is 27.8 Å². The summed E-state index contributed by atoms with van der Waals surface area (Å²) in [5, 5.41) is 0.539. The predicted molar refractivity (Wildman–Crippen MR) is 147 cm³/mol. The zero-order chi connectivity index (χ0) is 28.9. The molecule has 5 rings (SSSR count). The summed E-state index contributed by atoms with van der Waals surface area (Å²) in [6.07, 6.45) is 0.557. The Morgan fingerprint density at radius 1 is 1.20 bits per heavy atom. The van der Waals surface area contributed by atoms with Crippen LogP contribution in [0.3, 0.4) is 0 Å². The molecule has 1 atom stereocenters. The summed E-state index contributed by atoms with van der Waals surface area (Å²) < 4.78 is 34.9. The van der Waals surface area contributed by atoms with Gasteiger partial charge in [-0.25, -0.2) is 13.4 Å². The molecule has 2 aliphatic heterocycles. The molecule has 0 spiro atoms. The molecular weight excluding hydrogens is 560 g/mol. The van der Waals surface area contributed by atoms with E-state index in [2.05, 4.69) is 14.9 Å². The maximum absolute atomic E-state index is 13.9. The molecule has 0 bridgehead atoms. The largest absolute Gasteiger partial charge is 0.436 e. The molecule has 1 saturated heterocycles. The molecule has 214 valence electrons. The lowest BCUT2D eigenvalue weighted by molar-refractivity contribution is -0.130. The molecule has 14 heteroatoms. The number of aromatic amines is 1. The molecule has 12 nitrogen and oxygen atoms in total. The Balaban J connectivity index is 1.47. The van der Waals surface area contributed by atoms with Gasteiger partial charge in [0.2, 0.25) is 5.91 Å². The highest BCUT2D eigenvalue weighted by Gasteiger charge is 2.41. The highest BCUT2D eigenvalue weighted by atomic mass is 35.5. The molecule has 1 unspecified atom stereocenters. The van der Waals surface area contributed by atoms with Crippen molar-refractivity contribution in [2.45, 2.75) is 37.4 Å². The number of carbonyl (C=O) groups excluding carboxylic acids is 3. The highest BCUT2D eigenvalue weighted by molar-refractivity contribution is 7.89. The first-order chi connectivity index (χ1) is 18.9. The molecule has 40 heavy (non-hydrogen) atoms. The zero-order valence-corrected chi connectivity index (χ0v) is 24.3. The SMILES string of the molecule is CC(=O)c1c(S(=O)(=O)N2CCN(C(=O)c3nc4c(o3)CN(C)CC4)C(CC(=O)N(C)C)C2)[nH]c2ccc(Cl)cc12. The molecular formula is C26H31ClN6O6S. The van der Waals surface area contributed by atoms with Crippen LogP contribution in [0.15, 0.2) is 27.6 Å². The Morgan fingerprint density at radius 2 is 1.95 bits per heavy atom. The van der Waals surface area contributed by atoms with Gasteiger partial charge in [0.05, 0.1) is 23.8 Å². The Kier molecular flexibility index (Phi) is 7.50. The number of sulfonamides is 1. The smallest absolute Gasteiger partial charge is 0.310 e. The van der Waals surface area contributed by atoms with Crippen molar-refractivity contribution < 1.29 is 27.2 Å². The number of hydrogen-bond donors (Lipinski definition) is 1. The quantitative estimate of drug-likeness (QED) is 0.430. The fraction of sp³-hybridized carbons (Fsp3) is 0.462. The van der Waals surface area contributed by atoms with Crippen LogP contribution in [0.4, 0.5) is 0 Å². The molecule has 2 aliphatic rings. The minimum absolute atomic E-state index is 0.0118. The number of oxazole rings is 1. The number of halogens is 1. The van der Waals surface area contributed by atoms with E-state index >= 15 is 0 Å². The second-order valence-corrected chi connectivity index (χ2v) is 12.8. The van der Waals surface area contributed by atoms with Crippen LogP contribution >= 0.6 is 11.6 Å². The minimum Gasteiger partial charge on any atom is -0.436 e. The van der Waals surface area contributed by atoms with Crippen molar-refractivity contribution in [3.05, 3.63) is 46.1 Å². The number of H-pyrrole nitrogens is 1. The van der Waals surface area contributed by atoms with Gasteiger partial charge in [0.1, 0.15) is 5.76 Å². The third-order valence-corrected chi connectivity index (χ3v) is 9.47. The molecule has 2 aromatic heterocycles. The number of carbonyl (C=O) groups is 3. The lowest BCUT2D eigenvalue weighted by Crippen LogP contribution is -2.57. The monoisotopic (exact) mass is 590 g/mol. The maximum atomic E-state index is 13.9. The van der Waals surface area contributed by atoms with Gasteiger partial charge < -0.3 is 19.2 Å². The Labute approximate surface area is 236 Å². The summed E-state index contributed by atoms with van der Waals surface area (Å²) in [4.78, 5) is 51.1. The van der Waals surface area contributed by atoms with Crippen molar-refractivity contribution >= 4 is 50.1 Å². The topological polar surface area (TPSA) is 140 Å². The molecule has 4 heterocycles. The molecule has 0 saturated carbocycles. The van der Waals surface area contributed by atoms with E-state index in [4.69, 9.17) is 16.0 Å². The number of benzene rings is 1. The molecule has 1 aromatic carbocycles. The van der Waals surface area contributed by atoms with E-state index in [1.165, 1.54) is 21.0 Å². The molecule has 0 radical (unpaired) electrons. The number of hydrogen-bond acceptors (Lipinski definition) is 8. The number of nitrogens with one attached hydrogen (secondary N) is 1. The molecule has 3 aromatic rings. The summed E-state index contributed by atoms with van der Waals surface area (Å²) in [5.74, 6) is -0.616. The number of rotatable bonds is 6. The van der Waals surface area contributed by atoms with E-state index in [0.717, 1.165) is 12.2 Å². The lowest BCUT2D eigenvalue weighted by Gasteiger charge is -2.40. The average Bonchev–Trinajstić information content (AvgIpc) is 3.49. The summed E-state index contributed by atoms with van der Waals surface area (Å²) in [7, 11) is 0.929. The maximum Gasteiger partial charge on any atom is 0.310 e. The van der Waals surface area contributed by atoms with E-state index in [1.807, 2.05) is 7.05 Å². The van der Waals surface area contributed by atoms with Crippen molar-refractivity contribution in [3.63, 3.8) is 0 Å². The Morgan fingerprint density at radius 3 is 2.65 bits per heavy atom. The van der Waals surface area contributed by atoms with Crippen molar-refractivity contribution in [1.82, 2.24) is 29.0 Å². The van der Waals surface area contributed by atoms with Gasteiger partial charge in [0, 0.05) is 69.0 Å². The fourth-order valence-corrected chi connectivity index (χ4v) is 7.09.